The van der Waals surface area contributed by atoms with Crippen molar-refractivity contribution in [1.82, 2.24) is 5.32 Å². The lowest BCUT2D eigenvalue weighted by Gasteiger charge is -2.27. The van der Waals surface area contributed by atoms with Crippen molar-refractivity contribution in [3.63, 3.8) is 0 Å². The summed E-state index contributed by atoms with van der Waals surface area (Å²) in [6.45, 7) is 6.28. The van der Waals surface area contributed by atoms with Crippen LogP contribution in [-0.2, 0) is 14.3 Å². The highest BCUT2D eigenvalue weighted by Crippen LogP contribution is 2.44. The first-order chi connectivity index (χ1) is 13.6. The van der Waals surface area contributed by atoms with E-state index < -0.39 is 23.3 Å². The number of alkyl carbamates (subject to hydrolysis) is 1. The smallest absolute Gasteiger partial charge is 0.407 e. The number of ether oxygens (including phenoxy) is 2. The Bertz CT molecular complexity index is 868. The Labute approximate surface area is 170 Å². The van der Waals surface area contributed by atoms with E-state index in [1.54, 1.807) is 20.8 Å². The number of nitrogens with one attached hydrogen (secondary N) is 1. The lowest BCUT2D eigenvalue weighted by Crippen LogP contribution is -2.49. The van der Waals surface area contributed by atoms with Crippen LogP contribution in [0.1, 0.15) is 44.7 Å². The Morgan fingerprint density at radius 2 is 1.48 bits per heavy atom. The van der Waals surface area contributed by atoms with Crippen LogP contribution in [0.25, 0.3) is 11.1 Å². The number of carbonyl (C=O) groups is 2. The second-order valence-corrected chi connectivity index (χ2v) is 8.45. The first kappa shape index (κ1) is 20.9. The van der Waals surface area contributed by atoms with E-state index in [1.807, 2.05) is 36.4 Å². The van der Waals surface area contributed by atoms with E-state index in [-0.39, 0.29) is 19.1 Å². The van der Waals surface area contributed by atoms with E-state index in [2.05, 4.69) is 17.4 Å². The van der Waals surface area contributed by atoms with Gasteiger partial charge in [-0.3, -0.25) is 0 Å². The quantitative estimate of drug-likeness (QED) is 0.753. The van der Waals surface area contributed by atoms with Crippen LogP contribution in [-0.4, -0.2) is 41.5 Å². The molecule has 0 aromatic heterocycles. The molecule has 6 nitrogen and oxygen atoms in total. The van der Waals surface area contributed by atoms with Crippen LogP contribution >= 0.6 is 0 Å². The SMILES string of the molecule is CC(C)(C)OC(=O)C(C)(O)CNC(=O)OCC1c2ccccc2-c2ccccc21. The summed E-state index contributed by atoms with van der Waals surface area (Å²) in [5, 5.41) is 12.7. The molecular formula is C23H27NO5. The predicted octanol–water partition coefficient (Wildman–Crippen LogP) is 3.62. The second-order valence-electron chi connectivity index (χ2n) is 8.45. The van der Waals surface area contributed by atoms with Gasteiger partial charge in [0, 0.05) is 5.92 Å². The summed E-state index contributed by atoms with van der Waals surface area (Å²) in [5.41, 5.74) is 1.93. The largest absolute Gasteiger partial charge is 0.458 e. The number of esters is 1. The average molecular weight is 397 g/mol. The molecule has 154 valence electrons. The number of hydrogen-bond acceptors (Lipinski definition) is 5. The molecule has 1 aliphatic carbocycles. The molecule has 2 aromatic carbocycles. The van der Waals surface area contributed by atoms with Crippen molar-refractivity contribution in [1.29, 1.82) is 0 Å². The molecular weight excluding hydrogens is 370 g/mol. The van der Waals surface area contributed by atoms with E-state index in [0.717, 1.165) is 22.3 Å². The van der Waals surface area contributed by atoms with Crippen molar-refractivity contribution in [3.05, 3.63) is 59.7 Å². The van der Waals surface area contributed by atoms with Crippen LogP contribution in [0.2, 0.25) is 0 Å². The molecule has 0 fully saturated rings. The molecule has 1 amide bonds. The molecule has 0 saturated carbocycles. The van der Waals surface area contributed by atoms with E-state index in [0.29, 0.717) is 0 Å². The van der Waals surface area contributed by atoms with Gasteiger partial charge in [-0.05, 0) is 49.9 Å². The minimum absolute atomic E-state index is 0.0560. The minimum atomic E-state index is -1.85. The molecule has 3 rings (SSSR count). The molecule has 1 unspecified atom stereocenters. The van der Waals surface area contributed by atoms with Crippen molar-refractivity contribution in [2.45, 2.75) is 44.8 Å². The Balaban J connectivity index is 1.60. The van der Waals surface area contributed by atoms with Gasteiger partial charge in [0.05, 0.1) is 6.54 Å². The first-order valence-corrected chi connectivity index (χ1v) is 9.63. The predicted molar refractivity (Wildman–Crippen MR) is 110 cm³/mol. The summed E-state index contributed by atoms with van der Waals surface area (Å²) in [6.07, 6.45) is -0.698. The highest BCUT2D eigenvalue weighted by atomic mass is 16.6. The van der Waals surface area contributed by atoms with Crippen LogP contribution in [0.4, 0.5) is 4.79 Å². The van der Waals surface area contributed by atoms with Gasteiger partial charge in [0.15, 0.2) is 5.60 Å². The van der Waals surface area contributed by atoms with Crippen LogP contribution < -0.4 is 5.32 Å². The molecule has 0 radical (unpaired) electrons. The number of hydrogen-bond donors (Lipinski definition) is 2. The average Bonchev–Trinajstić information content (AvgIpc) is 2.97. The Morgan fingerprint density at radius 1 is 0.966 bits per heavy atom. The van der Waals surface area contributed by atoms with E-state index in [4.69, 9.17) is 9.47 Å². The molecule has 0 spiro atoms. The third kappa shape index (κ3) is 4.77. The number of benzene rings is 2. The lowest BCUT2D eigenvalue weighted by molar-refractivity contribution is -0.174. The summed E-state index contributed by atoms with van der Waals surface area (Å²) < 4.78 is 10.6. The number of carbonyl (C=O) groups excluding carboxylic acids is 2. The molecule has 6 heteroatoms. The maximum atomic E-state index is 12.2. The molecule has 1 aliphatic rings. The second kappa shape index (κ2) is 7.87. The zero-order chi connectivity index (χ0) is 21.2. The molecule has 1 atom stereocenters. The fourth-order valence-electron chi connectivity index (χ4n) is 3.35. The summed E-state index contributed by atoms with van der Waals surface area (Å²) >= 11 is 0. The van der Waals surface area contributed by atoms with Gasteiger partial charge in [-0.1, -0.05) is 48.5 Å². The normalized spacial score (nSPS) is 15.1. The Kier molecular flexibility index (Phi) is 5.66. The van der Waals surface area contributed by atoms with E-state index in [9.17, 15) is 14.7 Å². The molecule has 0 aliphatic heterocycles. The molecule has 29 heavy (non-hydrogen) atoms. The Morgan fingerprint density at radius 3 is 2.00 bits per heavy atom. The van der Waals surface area contributed by atoms with Gasteiger partial charge in [0.25, 0.3) is 0 Å². The van der Waals surface area contributed by atoms with E-state index in [1.165, 1.54) is 6.92 Å². The molecule has 2 N–H and O–H groups in total. The maximum absolute atomic E-state index is 12.2. The van der Waals surface area contributed by atoms with Gasteiger partial charge in [0.1, 0.15) is 12.2 Å². The summed E-state index contributed by atoms with van der Waals surface area (Å²) in [4.78, 5) is 24.3. The highest BCUT2D eigenvalue weighted by Gasteiger charge is 2.36. The van der Waals surface area contributed by atoms with Crippen LogP contribution in [0, 0.1) is 0 Å². The molecule has 0 saturated heterocycles. The third-order valence-electron chi connectivity index (χ3n) is 4.76. The van der Waals surface area contributed by atoms with Crippen LogP contribution in [0.3, 0.4) is 0 Å². The molecule has 2 aromatic rings. The van der Waals surface area contributed by atoms with Gasteiger partial charge in [-0.15, -0.1) is 0 Å². The maximum Gasteiger partial charge on any atom is 0.407 e. The third-order valence-corrected chi connectivity index (χ3v) is 4.76. The van der Waals surface area contributed by atoms with Crippen molar-refractivity contribution in [2.75, 3.05) is 13.2 Å². The van der Waals surface area contributed by atoms with Crippen molar-refractivity contribution in [3.8, 4) is 11.1 Å². The topological polar surface area (TPSA) is 84.9 Å². The number of amides is 1. The fourth-order valence-corrected chi connectivity index (χ4v) is 3.35. The monoisotopic (exact) mass is 397 g/mol. The number of aliphatic hydroxyl groups is 1. The van der Waals surface area contributed by atoms with Crippen LogP contribution in [0.15, 0.2) is 48.5 Å². The molecule has 0 heterocycles. The fraction of sp³-hybridized carbons (Fsp3) is 0.391. The standard InChI is InChI=1S/C23H27NO5/c1-22(2,3)29-20(25)23(4,27)14-24-21(26)28-13-19-17-11-7-5-9-15(17)16-10-6-8-12-18(16)19/h5-12,19,27H,13-14H2,1-4H3,(H,24,26). The zero-order valence-electron chi connectivity index (χ0n) is 17.2. The summed E-state index contributed by atoms with van der Waals surface area (Å²) in [5.74, 6) is -0.858. The van der Waals surface area contributed by atoms with Gasteiger partial charge >= 0.3 is 12.1 Å². The summed E-state index contributed by atoms with van der Waals surface area (Å²) in [7, 11) is 0. The number of fused-ring (bicyclic) bond motifs is 3. The Hall–Kier alpha value is -2.86. The highest BCUT2D eigenvalue weighted by molar-refractivity contribution is 5.81. The minimum Gasteiger partial charge on any atom is -0.458 e. The van der Waals surface area contributed by atoms with Gasteiger partial charge in [0.2, 0.25) is 0 Å². The van der Waals surface area contributed by atoms with Gasteiger partial charge < -0.3 is 19.9 Å². The van der Waals surface area contributed by atoms with Gasteiger partial charge in [-0.2, -0.15) is 0 Å². The first-order valence-electron chi connectivity index (χ1n) is 9.63. The number of rotatable bonds is 5. The molecule has 0 bridgehead atoms. The van der Waals surface area contributed by atoms with Crippen molar-refractivity contribution < 1.29 is 24.2 Å². The van der Waals surface area contributed by atoms with Crippen LogP contribution in [0.5, 0.6) is 0 Å². The van der Waals surface area contributed by atoms with Gasteiger partial charge in [-0.25, -0.2) is 9.59 Å². The van der Waals surface area contributed by atoms with Crippen molar-refractivity contribution in [2.24, 2.45) is 0 Å². The summed E-state index contributed by atoms with van der Waals surface area (Å²) in [6, 6.07) is 16.1. The van der Waals surface area contributed by atoms with E-state index >= 15 is 0 Å². The lowest BCUT2D eigenvalue weighted by atomic mass is 9.98. The zero-order valence-corrected chi connectivity index (χ0v) is 17.2. The van der Waals surface area contributed by atoms with Crippen molar-refractivity contribution >= 4 is 12.1 Å².